The molecule has 5 nitrogen and oxygen atoms in total. The van der Waals surface area contributed by atoms with E-state index < -0.39 is 0 Å². The summed E-state index contributed by atoms with van der Waals surface area (Å²) in [5, 5.41) is 2.88. The van der Waals surface area contributed by atoms with E-state index in [2.05, 4.69) is 5.32 Å². The van der Waals surface area contributed by atoms with Crippen molar-refractivity contribution in [1.29, 1.82) is 0 Å². The molecule has 2 aromatic carbocycles. The van der Waals surface area contributed by atoms with Crippen molar-refractivity contribution >= 4 is 17.5 Å². The third kappa shape index (κ3) is 6.87. The first-order chi connectivity index (χ1) is 12.8. The monoisotopic (exact) mass is 368 g/mol. The maximum Gasteiger partial charge on any atom is 0.279 e. The molecule has 1 atom stereocenters. The van der Waals surface area contributed by atoms with Gasteiger partial charge in [-0.05, 0) is 38.5 Å². The van der Waals surface area contributed by atoms with E-state index in [0.717, 1.165) is 21.7 Å². The molecule has 1 unspecified atom stereocenters. The van der Waals surface area contributed by atoms with Crippen LogP contribution in [0.5, 0.6) is 0 Å². The molecule has 144 valence electrons. The van der Waals surface area contributed by atoms with E-state index >= 15 is 0 Å². The van der Waals surface area contributed by atoms with Crippen LogP contribution in [0.4, 0.5) is 5.69 Å². The molecule has 2 aromatic rings. The van der Waals surface area contributed by atoms with Gasteiger partial charge >= 0.3 is 0 Å². The molecule has 5 heteroatoms. The molecular weight excluding hydrogens is 338 g/mol. The Balaban J connectivity index is 1.88. The van der Waals surface area contributed by atoms with Gasteiger partial charge in [-0.1, -0.05) is 48.0 Å². The smallest absolute Gasteiger partial charge is 0.279 e. The average molecular weight is 369 g/mol. The van der Waals surface area contributed by atoms with Crippen molar-refractivity contribution in [3.63, 3.8) is 0 Å². The third-order valence-electron chi connectivity index (χ3n) is 4.39. The fourth-order valence-corrected chi connectivity index (χ4v) is 2.88. The van der Waals surface area contributed by atoms with Gasteiger partial charge in [0.25, 0.3) is 11.8 Å². The SMILES string of the molecule is Cc1ccc(NC(=O)C[NH+](C)CC(=O)N(Cc2ccccc2)C(C)C)cc1. The highest BCUT2D eigenvalue weighted by molar-refractivity contribution is 5.91. The Morgan fingerprint density at radius 3 is 2.22 bits per heavy atom. The Kier molecular flexibility index (Phi) is 7.55. The summed E-state index contributed by atoms with van der Waals surface area (Å²) in [6.45, 7) is 7.15. The molecule has 0 bridgehead atoms. The highest BCUT2D eigenvalue weighted by Crippen LogP contribution is 2.09. The lowest BCUT2D eigenvalue weighted by molar-refractivity contribution is -0.862. The van der Waals surface area contributed by atoms with Gasteiger partial charge in [0, 0.05) is 18.3 Å². The van der Waals surface area contributed by atoms with E-state index in [1.54, 1.807) is 0 Å². The van der Waals surface area contributed by atoms with Crippen LogP contribution < -0.4 is 10.2 Å². The number of nitrogens with zero attached hydrogens (tertiary/aromatic N) is 1. The molecule has 0 fully saturated rings. The Bertz CT molecular complexity index is 742. The van der Waals surface area contributed by atoms with Crippen LogP contribution in [-0.2, 0) is 16.1 Å². The quantitative estimate of drug-likeness (QED) is 0.748. The number of likely N-dealkylation sites (N-methyl/N-ethyl adjacent to an activating group) is 1. The lowest BCUT2D eigenvalue weighted by Crippen LogP contribution is -3.11. The van der Waals surface area contributed by atoms with Crippen LogP contribution in [-0.4, -0.2) is 42.9 Å². The number of carbonyl (C=O) groups excluding carboxylic acids is 2. The largest absolute Gasteiger partial charge is 0.331 e. The standard InChI is InChI=1S/C22H29N3O2/c1-17(2)25(14-19-8-6-5-7-9-19)22(27)16-24(4)15-21(26)23-20-12-10-18(3)11-13-20/h5-13,17H,14-16H2,1-4H3,(H,23,26)/p+1. The van der Waals surface area contributed by atoms with Gasteiger partial charge in [-0.2, -0.15) is 0 Å². The number of aryl methyl sites for hydroxylation is 1. The van der Waals surface area contributed by atoms with Crippen LogP contribution in [0.15, 0.2) is 54.6 Å². The second-order valence-corrected chi connectivity index (χ2v) is 7.33. The zero-order valence-electron chi connectivity index (χ0n) is 16.7. The van der Waals surface area contributed by atoms with Gasteiger partial charge in [0.15, 0.2) is 13.1 Å². The zero-order chi connectivity index (χ0) is 19.8. The highest BCUT2D eigenvalue weighted by atomic mass is 16.2. The molecular formula is C22H30N3O2+. The van der Waals surface area contributed by atoms with Crippen molar-refractivity contribution in [1.82, 2.24) is 4.90 Å². The first kappa shape index (κ1) is 20.6. The van der Waals surface area contributed by atoms with E-state index in [4.69, 9.17) is 0 Å². The van der Waals surface area contributed by atoms with Crippen molar-refractivity contribution in [2.24, 2.45) is 0 Å². The summed E-state index contributed by atoms with van der Waals surface area (Å²) in [5.74, 6) is -0.0437. The molecule has 27 heavy (non-hydrogen) atoms. The van der Waals surface area contributed by atoms with Gasteiger partial charge in [-0.25, -0.2) is 0 Å². The minimum Gasteiger partial charge on any atom is -0.331 e. The van der Waals surface area contributed by atoms with Crippen molar-refractivity contribution in [3.05, 3.63) is 65.7 Å². The lowest BCUT2D eigenvalue weighted by atomic mass is 10.2. The number of amides is 2. The van der Waals surface area contributed by atoms with Gasteiger partial charge in [0.1, 0.15) is 0 Å². The Morgan fingerprint density at radius 2 is 1.63 bits per heavy atom. The molecule has 0 saturated carbocycles. The van der Waals surface area contributed by atoms with Crippen molar-refractivity contribution in [2.75, 3.05) is 25.5 Å². The Labute approximate surface area is 162 Å². The number of quaternary nitrogens is 1. The highest BCUT2D eigenvalue weighted by Gasteiger charge is 2.22. The second-order valence-electron chi connectivity index (χ2n) is 7.33. The van der Waals surface area contributed by atoms with E-state index in [0.29, 0.717) is 6.54 Å². The van der Waals surface area contributed by atoms with Crippen LogP contribution in [0.3, 0.4) is 0 Å². The summed E-state index contributed by atoms with van der Waals surface area (Å²) >= 11 is 0. The fourth-order valence-electron chi connectivity index (χ4n) is 2.88. The predicted octanol–water partition coefficient (Wildman–Crippen LogP) is 1.89. The summed E-state index contributed by atoms with van der Waals surface area (Å²) in [4.78, 5) is 27.7. The topological polar surface area (TPSA) is 53.9 Å². The van der Waals surface area contributed by atoms with Crippen molar-refractivity contribution in [2.45, 2.75) is 33.4 Å². The maximum absolute atomic E-state index is 12.8. The van der Waals surface area contributed by atoms with Gasteiger partial charge in [0.2, 0.25) is 0 Å². The molecule has 0 aliphatic heterocycles. The maximum atomic E-state index is 12.8. The van der Waals surface area contributed by atoms with E-state index in [1.165, 1.54) is 0 Å². The van der Waals surface area contributed by atoms with Crippen molar-refractivity contribution in [3.8, 4) is 0 Å². The number of carbonyl (C=O) groups is 2. The van der Waals surface area contributed by atoms with Crippen LogP contribution in [0, 0.1) is 6.92 Å². The summed E-state index contributed by atoms with van der Waals surface area (Å²) in [7, 11) is 1.87. The number of benzene rings is 2. The molecule has 2 amide bonds. The van der Waals surface area contributed by atoms with Gasteiger partial charge in [-0.3, -0.25) is 9.59 Å². The Hall–Kier alpha value is -2.66. The first-order valence-electron chi connectivity index (χ1n) is 9.36. The minimum absolute atomic E-state index is 0.0505. The average Bonchev–Trinajstić information content (AvgIpc) is 2.62. The van der Waals surface area contributed by atoms with Gasteiger partial charge < -0.3 is 15.1 Å². The predicted molar refractivity (Wildman–Crippen MR) is 109 cm³/mol. The summed E-state index contributed by atoms with van der Waals surface area (Å²) in [6, 6.07) is 17.8. The molecule has 0 spiro atoms. The number of hydrogen-bond donors (Lipinski definition) is 2. The summed E-state index contributed by atoms with van der Waals surface area (Å²) in [6.07, 6.45) is 0. The van der Waals surface area contributed by atoms with Crippen LogP contribution in [0.2, 0.25) is 0 Å². The van der Waals surface area contributed by atoms with E-state index in [-0.39, 0.29) is 30.9 Å². The lowest BCUT2D eigenvalue weighted by Gasteiger charge is -2.27. The molecule has 2 rings (SSSR count). The van der Waals surface area contributed by atoms with Crippen molar-refractivity contribution < 1.29 is 14.5 Å². The van der Waals surface area contributed by atoms with E-state index in [1.807, 2.05) is 87.3 Å². The fraction of sp³-hybridized carbons (Fsp3) is 0.364. The number of rotatable bonds is 8. The molecule has 0 aliphatic carbocycles. The molecule has 0 aliphatic rings. The summed E-state index contributed by atoms with van der Waals surface area (Å²) < 4.78 is 0. The normalized spacial score (nSPS) is 11.9. The summed E-state index contributed by atoms with van der Waals surface area (Å²) in [5.41, 5.74) is 3.03. The van der Waals surface area contributed by atoms with E-state index in [9.17, 15) is 9.59 Å². The zero-order valence-corrected chi connectivity index (χ0v) is 16.7. The third-order valence-corrected chi connectivity index (χ3v) is 4.39. The molecule has 0 heterocycles. The molecule has 2 N–H and O–H groups in total. The first-order valence-corrected chi connectivity index (χ1v) is 9.36. The minimum atomic E-state index is -0.0942. The van der Waals surface area contributed by atoms with Crippen LogP contribution in [0.25, 0.3) is 0 Å². The van der Waals surface area contributed by atoms with Gasteiger partial charge in [-0.15, -0.1) is 0 Å². The molecule has 0 radical (unpaired) electrons. The van der Waals surface area contributed by atoms with Crippen LogP contribution in [0.1, 0.15) is 25.0 Å². The Morgan fingerprint density at radius 1 is 1.00 bits per heavy atom. The van der Waals surface area contributed by atoms with Crippen LogP contribution >= 0.6 is 0 Å². The number of hydrogen-bond acceptors (Lipinski definition) is 2. The second kappa shape index (κ2) is 9.88. The molecule has 0 saturated heterocycles. The van der Waals surface area contributed by atoms with Gasteiger partial charge in [0.05, 0.1) is 7.05 Å². The molecule has 0 aromatic heterocycles. The number of nitrogens with one attached hydrogen (secondary N) is 2. The number of anilines is 1.